The molecule has 2 heterocycles. The number of rotatable bonds is 1. The zero-order chi connectivity index (χ0) is 13.6. The van der Waals surface area contributed by atoms with Crippen molar-refractivity contribution in [3.05, 3.63) is 28.9 Å². The number of halogens is 1. The molecule has 3 rings (SSSR count). The van der Waals surface area contributed by atoms with Crippen LogP contribution in [0.3, 0.4) is 0 Å². The van der Waals surface area contributed by atoms with Crippen molar-refractivity contribution in [2.75, 3.05) is 11.4 Å². The SMILES string of the molecule is Cn1cc(N2CCC(=O)NC2=O)c2ccc(Br)cc21. The summed E-state index contributed by atoms with van der Waals surface area (Å²) < 4.78 is 2.96. The number of carbonyl (C=O) groups excluding carboxylic acids is 2. The van der Waals surface area contributed by atoms with Crippen LogP contribution in [0.2, 0.25) is 0 Å². The average molecular weight is 322 g/mol. The van der Waals surface area contributed by atoms with E-state index < -0.39 is 0 Å². The Morgan fingerprint density at radius 3 is 2.84 bits per heavy atom. The van der Waals surface area contributed by atoms with Gasteiger partial charge in [0.15, 0.2) is 0 Å². The molecule has 6 heteroatoms. The summed E-state index contributed by atoms with van der Waals surface area (Å²) in [5.74, 6) is -0.218. The van der Waals surface area contributed by atoms with Crippen molar-refractivity contribution >= 4 is 44.5 Å². The third-order valence-corrected chi connectivity index (χ3v) is 3.77. The van der Waals surface area contributed by atoms with Crippen LogP contribution >= 0.6 is 15.9 Å². The smallest absolute Gasteiger partial charge is 0.328 e. The number of imide groups is 1. The van der Waals surface area contributed by atoms with Crippen LogP contribution in [0.25, 0.3) is 10.9 Å². The van der Waals surface area contributed by atoms with E-state index in [1.54, 1.807) is 4.90 Å². The average Bonchev–Trinajstić information content (AvgIpc) is 2.66. The monoisotopic (exact) mass is 321 g/mol. The summed E-state index contributed by atoms with van der Waals surface area (Å²) in [6, 6.07) is 5.56. The van der Waals surface area contributed by atoms with Gasteiger partial charge < -0.3 is 4.57 Å². The van der Waals surface area contributed by atoms with E-state index in [9.17, 15) is 9.59 Å². The first kappa shape index (κ1) is 12.2. The summed E-state index contributed by atoms with van der Waals surface area (Å²) >= 11 is 3.44. The second-order valence-electron chi connectivity index (χ2n) is 4.54. The van der Waals surface area contributed by atoms with Gasteiger partial charge in [-0.3, -0.25) is 15.0 Å². The van der Waals surface area contributed by atoms with Gasteiger partial charge in [-0.1, -0.05) is 15.9 Å². The highest BCUT2D eigenvalue weighted by atomic mass is 79.9. The van der Waals surface area contributed by atoms with Crippen LogP contribution in [0.4, 0.5) is 10.5 Å². The van der Waals surface area contributed by atoms with Gasteiger partial charge in [-0.05, 0) is 18.2 Å². The van der Waals surface area contributed by atoms with E-state index in [0.29, 0.717) is 13.0 Å². The molecule has 1 aromatic carbocycles. The standard InChI is InChI=1S/C13H12BrN3O2/c1-16-7-11(9-3-2-8(14)6-10(9)16)17-5-4-12(18)15-13(17)19/h2-3,6-7H,4-5H2,1H3,(H,15,18,19). The Bertz CT molecular complexity index is 692. The van der Waals surface area contributed by atoms with Crippen LogP contribution in [0.1, 0.15) is 6.42 Å². The molecule has 0 bridgehead atoms. The first-order chi connectivity index (χ1) is 9.06. The van der Waals surface area contributed by atoms with Gasteiger partial charge in [-0.15, -0.1) is 0 Å². The Labute approximate surface area is 118 Å². The molecule has 19 heavy (non-hydrogen) atoms. The molecule has 1 aliphatic heterocycles. The summed E-state index contributed by atoms with van der Waals surface area (Å²) in [5, 5.41) is 3.34. The van der Waals surface area contributed by atoms with Crippen molar-refractivity contribution in [2.45, 2.75) is 6.42 Å². The molecule has 0 spiro atoms. The van der Waals surface area contributed by atoms with Gasteiger partial charge in [0.2, 0.25) is 5.91 Å². The summed E-state index contributed by atoms with van der Waals surface area (Å²) in [7, 11) is 1.94. The molecule has 3 amide bonds. The molecule has 0 unspecified atom stereocenters. The van der Waals surface area contributed by atoms with E-state index in [1.165, 1.54) is 0 Å². The predicted molar refractivity (Wildman–Crippen MR) is 76.1 cm³/mol. The van der Waals surface area contributed by atoms with Crippen LogP contribution < -0.4 is 10.2 Å². The van der Waals surface area contributed by atoms with Gasteiger partial charge in [0.05, 0.1) is 11.2 Å². The Hall–Kier alpha value is -1.82. The zero-order valence-electron chi connectivity index (χ0n) is 10.3. The number of nitrogens with one attached hydrogen (secondary N) is 1. The van der Waals surface area contributed by atoms with E-state index in [1.807, 2.05) is 36.0 Å². The van der Waals surface area contributed by atoms with E-state index in [4.69, 9.17) is 0 Å². The molecule has 0 radical (unpaired) electrons. The predicted octanol–water partition coefficient (Wildman–Crippen LogP) is 2.39. The summed E-state index contributed by atoms with van der Waals surface area (Å²) in [4.78, 5) is 24.7. The van der Waals surface area contributed by atoms with Gasteiger partial charge >= 0.3 is 6.03 Å². The maximum Gasteiger partial charge on any atom is 0.328 e. The lowest BCUT2D eigenvalue weighted by molar-refractivity contribution is -0.120. The van der Waals surface area contributed by atoms with Crippen molar-refractivity contribution in [2.24, 2.45) is 7.05 Å². The number of nitrogens with zero attached hydrogens (tertiary/aromatic N) is 2. The molecule has 2 aromatic rings. The summed E-state index contributed by atoms with van der Waals surface area (Å²) in [6.07, 6.45) is 2.24. The number of fused-ring (bicyclic) bond motifs is 1. The fourth-order valence-electron chi connectivity index (χ4n) is 2.34. The molecule has 1 saturated heterocycles. The van der Waals surface area contributed by atoms with Gasteiger partial charge in [0.1, 0.15) is 0 Å². The number of hydrogen-bond donors (Lipinski definition) is 1. The largest absolute Gasteiger partial charge is 0.348 e. The second-order valence-corrected chi connectivity index (χ2v) is 5.46. The van der Waals surface area contributed by atoms with E-state index >= 15 is 0 Å². The first-order valence-electron chi connectivity index (χ1n) is 5.92. The van der Waals surface area contributed by atoms with Crippen LogP contribution in [-0.2, 0) is 11.8 Å². The topological polar surface area (TPSA) is 54.3 Å². The van der Waals surface area contributed by atoms with Crippen LogP contribution in [0, 0.1) is 0 Å². The number of aromatic nitrogens is 1. The number of aryl methyl sites for hydroxylation is 1. The fraction of sp³-hybridized carbons (Fsp3) is 0.231. The molecule has 0 aliphatic carbocycles. The highest BCUT2D eigenvalue weighted by Gasteiger charge is 2.26. The number of anilines is 1. The summed E-state index contributed by atoms with van der Waals surface area (Å²) in [5.41, 5.74) is 1.86. The quantitative estimate of drug-likeness (QED) is 0.876. The maximum absolute atomic E-state index is 11.9. The molecule has 1 fully saturated rings. The third-order valence-electron chi connectivity index (χ3n) is 3.28. The molecule has 1 aromatic heterocycles. The van der Waals surface area contributed by atoms with Crippen molar-refractivity contribution in [1.29, 1.82) is 0 Å². The lowest BCUT2D eigenvalue weighted by atomic mass is 10.2. The highest BCUT2D eigenvalue weighted by Crippen LogP contribution is 2.31. The van der Waals surface area contributed by atoms with Crippen molar-refractivity contribution in [1.82, 2.24) is 9.88 Å². The highest BCUT2D eigenvalue weighted by molar-refractivity contribution is 9.10. The number of urea groups is 1. The Morgan fingerprint density at radius 2 is 2.11 bits per heavy atom. The maximum atomic E-state index is 11.9. The molecule has 98 valence electrons. The Balaban J connectivity index is 2.10. The lowest BCUT2D eigenvalue weighted by Gasteiger charge is -2.25. The van der Waals surface area contributed by atoms with Gasteiger partial charge in [-0.25, -0.2) is 4.79 Å². The molecule has 0 atom stereocenters. The van der Waals surface area contributed by atoms with Crippen molar-refractivity contribution < 1.29 is 9.59 Å². The van der Waals surface area contributed by atoms with E-state index in [2.05, 4.69) is 21.2 Å². The molecule has 0 saturated carbocycles. The number of hydrogen-bond acceptors (Lipinski definition) is 2. The fourth-order valence-corrected chi connectivity index (χ4v) is 2.69. The van der Waals surface area contributed by atoms with Gasteiger partial charge in [0.25, 0.3) is 0 Å². The lowest BCUT2D eigenvalue weighted by Crippen LogP contribution is -2.49. The minimum Gasteiger partial charge on any atom is -0.348 e. The number of carbonyl (C=O) groups is 2. The minimum atomic E-state index is -0.355. The zero-order valence-corrected chi connectivity index (χ0v) is 11.9. The molecule has 5 nitrogen and oxygen atoms in total. The van der Waals surface area contributed by atoms with Crippen LogP contribution in [0.15, 0.2) is 28.9 Å². The van der Waals surface area contributed by atoms with Gasteiger partial charge in [-0.2, -0.15) is 0 Å². The third kappa shape index (κ3) is 2.02. The number of benzene rings is 1. The van der Waals surface area contributed by atoms with Crippen LogP contribution in [0.5, 0.6) is 0 Å². The Kier molecular flexibility index (Phi) is 2.82. The van der Waals surface area contributed by atoms with E-state index in [0.717, 1.165) is 21.1 Å². The van der Waals surface area contributed by atoms with Crippen molar-refractivity contribution in [3.8, 4) is 0 Å². The Morgan fingerprint density at radius 1 is 1.32 bits per heavy atom. The molecular weight excluding hydrogens is 310 g/mol. The number of amides is 3. The molecule has 1 aliphatic rings. The van der Waals surface area contributed by atoms with Crippen molar-refractivity contribution in [3.63, 3.8) is 0 Å². The van der Waals surface area contributed by atoms with Gasteiger partial charge in [0, 0.05) is 36.1 Å². The first-order valence-corrected chi connectivity index (χ1v) is 6.71. The normalized spacial score (nSPS) is 16.0. The molecule has 1 N–H and O–H groups in total. The van der Waals surface area contributed by atoms with Crippen LogP contribution in [-0.4, -0.2) is 23.1 Å². The summed E-state index contributed by atoms with van der Waals surface area (Å²) in [6.45, 7) is 0.417. The molecular formula is C13H12BrN3O2. The van der Waals surface area contributed by atoms with E-state index in [-0.39, 0.29) is 11.9 Å². The second kappa shape index (κ2) is 4.38. The minimum absolute atomic E-state index is 0.218.